The number of nitrogens with two attached hydrogens (primary N) is 1. The van der Waals surface area contributed by atoms with Crippen LogP contribution in [0.15, 0.2) is 18.2 Å². The summed E-state index contributed by atoms with van der Waals surface area (Å²) in [7, 11) is 4.22. The SMILES string of the molecule is Cc1ccc(F)cc1C(NN)C1(N(C)C)CCCC(C)C1. The van der Waals surface area contributed by atoms with Gasteiger partial charge in [-0.1, -0.05) is 25.8 Å². The van der Waals surface area contributed by atoms with Crippen LogP contribution in [0.5, 0.6) is 0 Å². The predicted molar refractivity (Wildman–Crippen MR) is 85.3 cm³/mol. The zero-order valence-corrected chi connectivity index (χ0v) is 13.6. The molecule has 1 aliphatic rings. The third-order valence-corrected chi connectivity index (χ3v) is 5.16. The molecule has 0 aromatic heterocycles. The summed E-state index contributed by atoms with van der Waals surface area (Å²) in [6.45, 7) is 4.32. The number of aryl methyl sites for hydroxylation is 1. The first-order chi connectivity index (χ1) is 9.90. The minimum absolute atomic E-state index is 0.0639. The van der Waals surface area contributed by atoms with Gasteiger partial charge in [0.2, 0.25) is 0 Å². The van der Waals surface area contributed by atoms with Gasteiger partial charge < -0.3 is 4.90 Å². The van der Waals surface area contributed by atoms with Crippen molar-refractivity contribution in [3.8, 4) is 0 Å². The van der Waals surface area contributed by atoms with E-state index < -0.39 is 0 Å². The first-order valence-corrected chi connectivity index (χ1v) is 7.80. The number of hydrazine groups is 1. The third kappa shape index (κ3) is 3.12. The second kappa shape index (κ2) is 6.42. The Labute approximate surface area is 127 Å². The summed E-state index contributed by atoms with van der Waals surface area (Å²) < 4.78 is 13.7. The van der Waals surface area contributed by atoms with Crippen LogP contribution >= 0.6 is 0 Å². The monoisotopic (exact) mass is 293 g/mol. The minimum atomic E-state index is -0.200. The van der Waals surface area contributed by atoms with Gasteiger partial charge in [-0.25, -0.2) is 4.39 Å². The smallest absolute Gasteiger partial charge is 0.123 e. The van der Waals surface area contributed by atoms with Gasteiger partial charge in [0.25, 0.3) is 0 Å². The second-order valence-electron chi connectivity index (χ2n) is 6.80. The van der Waals surface area contributed by atoms with Crippen LogP contribution in [0.25, 0.3) is 0 Å². The lowest BCUT2D eigenvalue weighted by molar-refractivity contribution is 0.0363. The number of nitrogens with zero attached hydrogens (tertiary/aromatic N) is 1. The first kappa shape index (κ1) is 16.4. The van der Waals surface area contributed by atoms with Gasteiger partial charge in [-0.3, -0.25) is 11.3 Å². The van der Waals surface area contributed by atoms with Gasteiger partial charge in [0, 0.05) is 5.54 Å². The number of hydrogen-bond acceptors (Lipinski definition) is 3. The molecule has 0 amide bonds. The lowest BCUT2D eigenvalue weighted by Gasteiger charge is -2.50. The van der Waals surface area contributed by atoms with Crippen LogP contribution < -0.4 is 11.3 Å². The van der Waals surface area contributed by atoms with E-state index in [4.69, 9.17) is 5.84 Å². The van der Waals surface area contributed by atoms with Crippen LogP contribution in [0.2, 0.25) is 0 Å². The fourth-order valence-corrected chi connectivity index (χ4v) is 3.95. The van der Waals surface area contributed by atoms with Crippen molar-refractivity contribution in [2.45, 2.75) is 51.1 Å². The highest BCUT2D eigenvalue weighted by atomic mass is 19.1. The Morgan fingerprint density at radius 1 is 1.43 bits per heavy atom. The lowest BCUT2D eigenvalue weighted by atomic mass is 9.69. The van der Waals surface area contributed by atoms with Gasteiger partial charge in [-0.15, -0.1) is 0 Å². The molecule has 3 atom stereocenters. The molecule has 0 heterocycles. The Morgan fingerprint density at radius 2 is 2.14 bits per heavy atom. The van der Waals surface area contributed by atoms with Crippen molar-refractivity contribution in [1.29, 1.82) is 0 Å². The van der Waals surface area contributed by atoms with Crippen molar-refractivity contribution in [1.82, 2.24) is 10.3 Å². The Morgan fingerprint density at radius 3 is 2.71 bits per heavy atom. The molecule has 1 aromatic rings. The molecule has 0 aliphatic heterocycles. The van der Waals surface area contributed by atoms with Gasteiger partial charge in [0.1, 0.15) is 5.82 Å². The summed E-state index contributed by atoms with van der Waals surface area (Å²) in [4.78, 5) is 2.28. The molecule has 3 unspecified atom stereocenters. The van der Waals surface area contributed by atoms with Gasteiger partial charge in [0.05, 0.1) is 6.04 Å². The van der Waals surface area contributed by atoms with Crippen LogP contribution in [-0.2, 0) is 0 Å². The molecule has 1 saturated carbocycles. The molecule has 4 heteroatoms. The largest absolute Gasteiger partial charge is 0.302 e. The number of rotatable bonds is 4. The zero-order valence-electron chi connectivity index (χ0n) is 13.6. The summed E-state index contributed by atoms with van der Waals surface area (Å²) in [5.74, 6) is 6.38. The summed E-state index contributed by atoms with van der Waals surface area (Å²) in [6.07, 6.45) is 4.60. The highest BCUT2D eigenvalue weighted by molar-refractivity contribution is 5.32. The molecule has 1 aromatic carbocycles. The van der Waals surface area contributed by atoms with Crippen molar-refractivity contribution in [3.05, 3.63) is 35.1 Å². The standard InChI is InChI=1S/C17H28FN3/c1-12-6-5-9-17(11-12,21(3)4)16(20-19)15-10-14(18)8-7-13(15)2/h7-8,10,12,16,20H,5-6,9,11,19H2,1-4H3. The zero-order chi connectivity index (χ0) is 15.6. The van der Waals surface area contributed by atoms with Crippen LogP contribution in [0.1, 0.15) is 49.8 Å². The fraction of sp³-hybridized carbons (Fsp3) is 0.647. The van der Waals surface area contributed by atoms with Gasteiger partial charge in [0.15, 0.2) is 0 Å². The Hall–Kier alpha value is -0.970. The van der Waals surface area contributed by atoms with Crippen molar-refractivity contribution >= 4 is 0 Å². The molecular weight excluding hydrogens is 265 g/mol. The van der Waals surface area contributed by atoms with Crippen LogP contribution in [0.4, 0.5) is 4.39 Å². The summed E-state index contributed by atoms with van der Waals surface area (Å²) in [5.41, 5.74) is 4.98. The van der Waals surface area contributed by atoms with E-state index in [0.717, 1.165) is 24.0 Å². The van der Waals surface area contributed by atoms with Crippen molar-refractivity contribution < 1.29 is 4.39 Å². The average molecular weight is 293 g/mol. The molecule has 0 saturated heterocycles. The number of hydrogen-bond donors (Lipinski definition) is 2. The van der Waals surface area contributed by atoms with E-state index in [-0.39, 0.29) is 17.4 Å². The van der Waals surface area contributed by atoms with E-state index in [1.165, 1.54) is 18.9 Å². The van der Waals surface area contributed by atoms with Crippen molar-refractivity contribution in [3.63, 3.8) is 0 Å². The maximum absolute atomic E-state index is 13.7. The van der Waals surface area contributed by atoms with Crippen molar-refractivity contribution in [2.24, 2.45) is 11.8 Å². The third-order valence-electron chi connectivity index (χ3n) is 5.16. The van der Waals surface area contributed by atoms with E-state index in [1.807, 2.05) is 13.0 Å². The second-order valence-corrected chi connectivity index (χ2v) is 6.80. The van der Waals surface area contributed by atoms with E-state index in [2.05, 4.69) is 31.3 Å². The molecule has 118 valence electrons. The molecule has 21 heavy (non-hydrogen) atoms. The average Bonchev–Trinajstić information content (AvgIpc) is 2.43. The molecular formula is C17H28FN3. The molecule has 0 spiro atoms. The molecule has 0 radical (unpaired) electrons. The lowest BCUT2D eigenvalue weighted by Crippen LogP contribution is -2.57. The maximum Gasteiger partial charge on any atom is 0.123 e. The van der Waals surface area contributed by atoms with E-state index in [1.54, 1.807) is 6.07 Å². The summed E-state index contributed by atoms with van der Waals surface area (Å²) >= 11 is 0. The Bertz CT molecular complexity index is 489. The molecule has 1 aliphatic carbocycles. The number of likely N-dealkylation sites (N-methyl/N-ethyl adjacent to an activating group) is 1. The molecule has 2 rings (SSSR count). The van der Waals surface area contributed by atoms with E-state index in [9.17, 15) is 4.39 Å². The van der Waals surface area contributed by atoms with E-state index >= 15 is 0 Å². The predicted octanol–water partition coefficient (Wildman–Crippen LogP) is 3.15. The first-order valence-electron chi connectivity index (χ1n) is 7.80. The molecule has 1 fully saturated rings. The van der Waals surface area contributed by atoms with Crippen LogP contribution in [0.3, 0.4) is 0 Å². The molecule has 0 bridgehead atoms. The minimum Gasteiger partial charge on any atom is -0.302 e. The number of nitrogens with one attached hydrogen (secondary N) is 1. The van der Waals surface area contributed by atoms with Gasteiger partial charge in [-0.05, 0) is 63.0 Å². The fourth-order valence-electron chi connectivity index (χ4n) is 3.95. The highest BCUT2D eigenvalue weighted by Gasteiger charge is 2.44. The van der Waals surface area contributed by atoms with Crippen LogP contribution in [0, 0.1) is 18.7 Å². The topological polar surface area (TPSA) is 41.3 Å². The van der Waals surface area contributed by atoms with Gasteiger partial charge in [-0.2, -0.15) is 0 Å². The molecule has 3 N–H and O–H groups in total. The quantitative estimate of drug-likeness (QED) is 0.662. The molecule has 3 nitrogen and oxygen atoms in total. The summed E-state index contributed by atoms with van der Waals surface area (Å²) in [5, 5.41) is 0. The Balaban J connectivity index is 2.47. The normalized spacial score (nSPS) is 27.9. The Kier molecular flexibility index (Phi) is 5.02. The van der Waals surface area contributed by atoms with Crippen molar-refractivity contribution in [2.75, 3.05) is 14.1 Å². The number of benzene rings is 1. The maximum atomic E-state index is 13.7. The number of halogens is 1. The highest BCUT2D eigenvalue weighted by Crippen LogP contribution is 2.44. The van der Waals surface area contributed by atoms with Gasteiger partial charge >= 0.3 is 0 Å². The van der Waals surface area contributed by atoms with E-state index in [0.29, 0.717) is 5.92 Å². The van der Waals surface area contributed by atoms with Crippen LogP contribution in [-0.4, -0.2) is 24.5 Å². The summed E-state index contributed by atoms with van der Waals surface area (Å²) in [6, 6.07) is 4.92.